The number of nitrogen functional groups attached to an aromatic ring is 1. The zero-order chi connectivity index (χ0) is 13.2. The highest BCUT2D eigenvalue weighted by Crippen LogP contribution is 2.48. The van der Waals surface area contributed by atoms with Crippen LogP contribution >= 0.6 is 0 Å². The average molecular weight is 261 g/mol. The van der Waals surface area contributed by atoms with Crippen LogP contribution in [-0.4, -0.2) is 16.5 Å². The summed E-state index contributed by atoms with van der Waals surface area (Å²) in [6.45, 7) is 3.08. The lowest BCUT2D eigenvalue weighted by Crippen LogP contribution is -2.21. The zero-order valence-corrected chi connectivity index (χ0v) is 11.5. The Morgan fingerprint density at radius 3 is 2.74 bits per heavy atom. The number of fused-ring (bicyclic) bond motifs is 2. The molecule has 0 aliphatic heterocycles. The van der Waals surface area contributed by atoms with Crippen LogP contribution in [0.25, 0.3) is 0 Å². The Morgan fingerprint density at radius 1 is 1.26 bits per heavy atom. The van der Waals surface area contributed by atoms with Crippen LogP contribution in [0, 0.1) is 17.8 Å². The molecule has 1 heterocycles. The molecule has 3 atom stereocenters. The molecule has 2 saturated carbocycles. The number of aromatic nitrogens is 2. The van der Waals surface area contributed by atoms with Gasteiger partial charge in [-0.05, 0) is 37.0 Å². The van der Waals surface area contributed by atoms with Crippen molar-refractivity contribution in [1.82, 2.24) is 9.97 Å². The molecule has 2 bridgehead atoms. The largest absolute Gasteiger partial charge is 0.370 e. The van der Waals surface area contributed by atoms with Crippen LogP contribution in [0.4, 0.5) is 11.6 Å². The Labute approximate surface area is 114 Å². The quantitative estimate of drug-likeness (QED) is 0.559. The summed E-state index contributed by atoms with van der Waals surface area (Å²) < 4.78 is 0. The second-order valence-electron chi connectivity index (χ2n) is 5.87. The predicted molar refractivity (Wildman–Crippen MR) is 76.6 cm³/mol. The Balaban J connectivity index is 1.63. The van der Waals surface area contributed by atoms with E-state index in [1.807, 2.05) is 6.07 Å². The fourth-order valence-electron chi connectivity index (χ4n) is 3.68. The molecule has 2 fully saturated rings. The van der Waals surface area contributed by atoms with Crippen molar-refractivity contribution in [2.24, 2.45) is 23.6 Å². The summed E-state index contributed by atoms with van der Waals surface area (Å²) in [6.07, 6.45) is 6.54. The van der Waals surface area contributed by atoms with Crippen molar-refractivity contribution < 1.29 is 0 Å². The van der Waals surface area contributed by atoms with Gasteiger partial charge in [-0.1, -0.05) is 13.3 Å². The molecule has 2 aliphatic carbocycles. The minimum atomic E-state index is 0.683. The Bertz CT molecular complexity index is 425. The summed E-state index contributed by atoms with van der Waals surface area (Å²) in [4.78, 5) is 8.81. The fraction of sp³-hybridized carbons (Fsp3) is 0.714. The summed E-state index contributed by atoms with van der Waals surface area (Å²) in [5, 5.41) is 3.47. The number of hydrogen-bond donors (Lipinski definition) is 3. The monoisotopic (exact) mass is 261 g/mol. The van der Waals surface area contributed by atoms with Gasteiger partial charge in [0.25, 0.3) is 0 Å². The SMILES string of the molecule is CCc1nc(NN)cc(NCC2CC3CCC2C3)n1. The number of nitrogens with zero attached hydrogens (tertiary/aromatic N) is 2. The molecule has 0 aromatic carbocycles. The maximum atomic E-state index is 5.44. The minimum Gasteiger partial charge on any atom is -0.370 e. The first-order valence-electron chi connectivity index (χ1n) is 7.37. The third-order valence-electron chi connectivity index (χ3n) is 4.67. The Kier molecular flexibility index (Phi) is 3.55. The standard InChI is InChI=1S/C14H23N5/c1-2-12-17-13(7-14(18-12)19-15)16-8-11-6-9-3-4-10(11)5-9/h7,9-11H,2-6,8,15H2,1H3,(H2,16,17,18,19). The van der Waals surface area contributed by atoms with E-state index in [9.17, 15) is 0 Å². The number of nitrogens with one attached hydrogen (secondary N) is 2. The summed E-state index contributed by atoms with van der Waals surface area (Å²) in [7, 11) is 0. The summed E-state index contributed by atoms with van der Waals surface area (Å²) >= 11 is 0. The molecule has 0 saturated heterocycles. The van der Waals surface area contributed by atoms with Crippen LogP contribution in [0.15, 0.2) is 6.07 Å². The van der Waals surface area contributed by atoms with Gasteiger partial charge in [-0.2, -0.15) is 0 Å². The van der Waals surface area contributed by atoms with Crippen molar-refractivity contribution in [3.63, 3.8) is 0 Å². The van der Waals surface area contributed by atoms with Gasteiger partial charge in [0.15, 0.2) is 0 Å². The molecule has 19 heavy (non-hydrogen) atoms. The molecule has 1 aromatic heterocycles. The van der Waals surface area contributed by atoms with Crippen LogP contribution < -0.4 is 16.6 Å². The van der Waals surface area contributed by atoms with Crippen molar-refractivity contribution in [3.8, 4) is 0 Å². The number of anilines is 2. The molecule has 3 rings (SSSR count). The van der Waals surface area contributed by atoms with E-state index in [2.05, 4.69) is 27.6 Å². The number of hydrazine groups is 1. The molecule has 2 aliphatic rings. The summed E-state index contributed by atoms with van der Waals surface area (Å²) in [6, 6.07) is 1.88. The Morgan fingerprint density at radius 2 is 2.11 bits per heavy atom. The maximum absolute atomic E-state index is 5.44. The third kappa shape index (κ3) is 2.66. The molecular formula is C14H23N5. The lowest BCUT2D eigenvalue weighted by Gasteiger charge is -2.22. The van der Waals surface area contributed by atoms with Gasteiger partial charge in [0, 0.05) is 19.0 Å². The van der Waals surface area contributed by atoms with E-state index in [0.717, 1.165) is 42.4 Å². The van der Waals surface area contributed by atoms with E-state index >= 15 is 0 Å². The summed E-state index contributed by atoms with van der Waals surface area (Å²) in [5.41, 5.74) is 2.61. The molecule has 0 spiro atoms. The topological polar surface area (TPSA) is 75.9 Å². The van der Waals surface area contributed by atoms with Crippen molar-refractivity contribution in [3.05, 3.63) is 11.9 Å². The van der Waals surface area contributed by atoms with E-state index < -0.39 is 0 Å². The van der Waals surface area contributed by atoms with Crippen LogP contribution in [0.3, 0.4) is 0 Å². The highest BCUT2D eigenvalue weighted by Gasteiger charge is 2.39. The van der Waals surface area contributed by atoms with Crippen molar-refractivity contribution in [1.29, 1.82) is 0 Å². The molecule has 5 nitrogen and oxygen atoms in total. The van der Waals surface area contributed by atoms with Crippen LogP contribution in [0.2, 0.25) is 0 Å². The first kappa shape index (κ1) is 12.7. The molecule has 5 heteroatoms. The lowest BCUT2D eigenvalue weighted by molar-refractivity contribution is 0.348. The fourth-order valence-corrected chi connectivity index (χ4v) is 3.68. The first-order chi connectivity index (χ1) is 9.28. The van der Waals surface area contributed by atoms with Gasteiger partial charge in [-0.3, -0.25) is 0 Å². The second kappa shape index (κ2) is 5.33. The minimum absolute atomic E-state index is 0.683. The molecule has 104 valence electrons. The van der Waals surface area contributed by atoms with Crippen LogP contribution in [0.5, 0.6) is 0 Å². The van der Waals surface area contributed by atoms with E-state index in [-0.39, 0.29) is 0 Å². The third-order valence-corrected chi connectivity index (χ3v) is 4.67. The molecule has 0 amide bonds. The smallest absolute Gasteiger partial charge is 0.145 e. The molecule has 1 aromatic rings. The van der Waals surface area contributed by atoms with E-state index in [1.54, 1.807) is 0 Å². The predicted octanol–water partition coefficient (Wildman–Crippen LogP) is 2.17. The summed E-state index contributed by atoms with van der Waals surface area (Å²) in [5.74, 6) is 10.6. The first-order valence-corrected chi connectivity index (χ1v) is 7.37. The van der Waals surface area contributed by atoms with E-state index in [1.165, 1.54) is 25.7 Å². The molecule has 3 unspecified atom stereocenters. The van der Waals surface area contributed by atoms with Crippen molar-refractivity contribution in [2.45, 2.75) is 39.0 Å². The number of aryl methyl sites for hydroxylation is 1. The van der Waals surface area contributed by atoms with E-state index in [4.69, 9.17) is 5.84 Å². The van der Waals surface area contributed by atoms with Gasteiger partial charge in [0.05, 0.1) is 0 Å². The molecule has 4 N–H and O–H groups in total. The average Bonchev–Trinajstić information content (AvgIpc) is 3.07. The normalized spacial score (nSPS) is 28.6. The number of hydrogen-bond acceptors (Lipinski definition) is 5. The Hall–Kier alpha value is -1.36. The van der Waals surface area contributed by atoms with Crippen LogP contribution in [0.1, 0.15) is 38.4 Å². The number of nitrogens with two attached hydrogens (primary N) is 1. The van der Waals surface area contributed by atoms with Crippen molar-refractivity contribution >= 4 is 11.6 Å². The zero-order valence-electron chi connectivity index (χ0n) is 11.5. The maximum Gasteiger partial charge on any atom is 0.145 e. The highest BCUT2D eigenvalue weighted by atomic mass is 15.3. The lowest BCUT2D eigenvalue weighted by atomic mass is 9.89. The molecular weight excluding hydrogens is 238 g/mol. The van der Waals surface area contributed by atoms with Gasteiger partial charge in [0.2, 0.25) is 0 Å². The van der Waals surface area contributed by atoms with E-state index in [0.29, 0.717) is 5.82 Å². The highest BCUT2D eigenvalue weighted by molar-refractivity contribution is 5.46. The van der Waals surface area contributed by atoms with Crippen LogP contribution in [-0.2, 0) is 6.42 Å². The van der Waals surface area contributed by atoms with Gasteiger partial charge in [-0.15, -0.1) is 0 Å². The van der Waals surface area contributed by atoms with Gasteiger partial charge < -0.3 is 10.7 Å². The molecule has 0 radical (unpaired) electrons. The van der Waals surface area contributed by atoms with Crippen molar-refractivity contribution in [2.75, 3.05) is 17.3 Å². The van der Waals surface area contributed by atoms with Gasteiger partial charge >= 0.3 is 0 Å². The number of rotatable bonds is 5. The van der Waals surface area contributed by atoms with Gasteiger partial charge in [-0.25, -0.2) is 15.8 Å². The van der Waals surface area contributed by atoms with Gasteiger partial charge in [0.1, 0.15) is 17.5 Å². The second-order valence-corrected chi connectivity index (χ2v) is 5.87.